The Hall–Kier alpha value is -1.69. The number of hydrogen-bond donors (Lipinski definition) is 2. The number of likely N-dealkylation sites (tertiary alicyclic amines) is 1. The van der Waals surface area contributed by atoms with Crippen LogP contribution in [0.2, 0.25) is 0 Å². The smallest absolute Gasteiger partial charge is 0.270 e. The van der Waals surface area contributed by atoms with Crippen LogP contribution >= 0.6 is 0 Å². The van der Waals surface area contributed by atoms with Gasteiger partial charge in [-0.05, 0) is 39.3 Å². The van der Waals surface area contributed by atoms with Gasteiger partial charge < -0.3 is 15.5 Å². The molecule has 1 saturated heterocycles. The van der Waals surface area contributed by atoms with Crippen LogP contribution in [0.3, 0.4) is 0 Å². The zero-order valence-corrected chi connectivity index (χ0v) is 14.4. The summed E-state index contributed by atoms with van der Waals surface area (Å²) in [5.74, 6) is 1.72. The van der Waals surface area contributed by atoms with Crippen LogP contribution in [0.25, 0.3) is 0 Å². The molecule has 0 aliphatic carbocycles. The van der Waals surface area contributed by atoms with Gasteiger partial charge in [-0.3, -0.25) is 4.79 Å². The molecule has 6 heteroatoms. The number of aromatic nitrogens is 2. The van der Waals surface area contributed by atoms with Gasteiger partial charge in [0.15, 0.2) is 0 Å². The van der Waals surface area contributed by atoms with Crippen molar-refractivity contribution in [2.24, 2.45) is 0 Å². The molecule has 126 valence electrons. The van der Waals surface area contributed by atoms with E-state index in [1.807, 2.05) is 0 Å². The largest absolute Gasteiger partial charge is 0.370 e. The molecule has 0 saturated carbocycles. The second-order valence-corrected chi connectivity index (χ2v) is 6.91. The van der Waals surface area contributed by atoms with Crippen molar-refractivity contribution < 1.29 is 4.79 Å². The lowest BCUT2D eigenvalue weighted by molar-refractivity contribution is 0.0940. The van der Waals surface area contributed by atoms with E-state index in [1.165, 1.54) is 19.4 Å². The first-order valence-electron chi connectivity index (χ1n) is 8.69. The van der Waals surface area contributed by atoms with Gasteiger partial charge in [0.2, 0.25) is 0 Å². The van der Waals surface area contributed by atoms with Crippen LogP contribution in [-0.4, -0.2) is 53.5 Å². The van der Waals surface area contributed by atoms with Crippen molar-refractivity contribution in [1.29, 1.82) is 0 Å². The molecular weight excluding hydrogens is 290 g/mol. The molecule has 1 fully saturated rings. The Bertz CT molecular complexity index is 587. The number of hydrogen-bond acceptors (Lipinski definition) is 5. The Morgan fingerprint density at radius 3 is 2.91 bits per heavy atom. The number of anilines is 1. The maximum Gasteiger partial charge on any atom is 0.270 e. The van der Waals surface area contributed by atoms with Gasteiger partial charge in [-0.1, -0.05) is 13.8 Å². The molecular formula is C17H27N5O. The Balaban J connectivity index is 1.76. The molecule has 3 rings (SSSR count). The van der Waals surface area contributed by atoms with E-state index in [0.29, 0.717) is 18.3 Å². The number of carbonyl (C=O) groups excluding carboxylic acids is 1. The summed E-state index contributed by atoms with van der Waals surface area (Å²) < 4.78 is 0. The molecule has 2 N–H and O–H groups in total. The zero-order chi connectivity index (χ0) is 16.4. The molecule has 2 aliphatic heterocycles. The molecule has 1 aromatic rings. The lowest BCUT2D eigenvalue weighted by Crippen LogP contribution is -2.34. The van der Waals surface area contributed by atoms with Gasteiger partial charge in [0.1, 0.15) is 17.3 Å². The van der Waals surface area contributed by atoms with E-state index >= 15 is 0 Å². The van der Waals surface area contributed by atoms with Gasteiger partial charge in [-0.15, -0.1) is 0 Å². The minimum atomic E-state index is -0.0749. The Morgan fingerprint density at radius 2 is 2.22 bits per heavy atom. The predicted octanol–water partition coefficient (Wildman–Crippen LogP) is 1.78. The lowest BCUT2D eigenvalue weighted by Gasteiger charge is -2.22. The van der Waals surface area contributed by atoms with Crippen molar-refractivity contribution in [2.45, 2.75) is 51.5 Å². The number of fused-ring (bicyclic) bond motifs is 1. The minimum Gasteiger partial charge on any atom is -0.370 e. The monoisotopic (exact) mass is 317 g/mol. The third kappa shape index (κ3) is 3.47. The maximum atomic E-state index is 12.1. The Labute approximate surface area is 138 Å². The van der Waals surface area contributed by atoms with E-state index in [9.17, 15) is 4.79 Å². The van der Waals surface area contributed by atoms with Crippen LogP contribution in [0.4, 0.5) is 5.82 Å². The van der Waals surface area contributed by atoms with Gasteiger partial charge >= 0.3 is 0 Å². The standard InChI is InChI=1S/C17H27N5O/c1-11(2)15-20-14-13(7-9-19-17(14)23)16(21-15)18-8-6-12-5-4-10-22(12)3/h11-12H,4-10H2,1-3H3,(H,19,23)(H,18,20,21). The van der Waals surface area contributed by atoms with Crippen LogP contribution in [0.5, 0.6) is 0 Å². The first-order chi connectivity index (χ1) is 11.1. The van der Waals surface area contributed by atoms with Crippen LogP contribution in [0.1, 0.15) is 60.9 Å². The van der Waals surface area contributed by atoms with Gasteiger partial charge in [0.25, 0.3) is 5.91 Å². The summed E-state index contributed by atoms with van der Waals surface area (Å²) in [5.41, 5.74) is 1.52. The molecule has 6 nitrogen and oxygen atoms in total. The average molecular weight is 317 g/mol. The van der Waals surface area contributed by atoms with E-state index in [1.54, 1.807) is 0 Å². The second-order valence-electron chi connectivity index (χ2n) is 6.91. The Kier molecular flexibility index (Phi) is 4.80. The minimum absolute atomic E-state index is 0.0749. The summed E-state index contributed by atoms with van der Waals surface area (Å²) in [5, 5.41) is 6.35. The fraction of sp³-hybridized carbons (Fsp3) is 0.706. The highest BCUT2D eigenvalue weighted by atomic mass is 16.1. The van der Waals surface area contributed by atoms with Crippen LogP contribution in [0.15, 0.2) is 0 Å². The third-order valence-electron chi connectivity index (χ3n) is 4.86. The van der Waals surface area contributed by atoms with Crippen molar-refractivity contribution in [2.75, 3.05) is 32.0 Å². The summed E-state index contributed by atoms with van der Waals surface area (Å²) in [6.45, 7) is 6.86. The quantitative estimate of drug-likeness (QED) is 0.866. The van der Waals surface area contributed by atoms with E-state index in [0.717, 1.165) is 36.6 Å². The van der Waals surface area contributed by atoms with Crippen LogP contribution in [0, 0.1) is 0 Å². The molecule has 23 heavy (non-hydrogen) atoms. The van der Waals surface area contributed by atoms with Gasteiger partial charge in [-0.2, -0.15) is 0 Å². The van der Waals surface area contributed by atoms with Crippen molar-refractivity contribution in [3.63, 3.8) is 0 Å². The van der Waals surface area contributed by atoms with Gasteiger partial charge in [0, 0.05) is 30.6 Å². The summed E-state index contributed by atoms with van der Waals surface area (Å²) in [6.07, 6.45) is 4.48. The first-order valence-corrected chi connectivity index (χ1v) is 8.69. The average Bonchev–Trinajstić information content (AvgIpc) is 2.93. The highest BCUT2D eigenvalue weighted by Crippen LogP contribution is 2.24. The number of carbonyl (C=O) groups is 1. The molecule has 0 aromatic carbocycles. The number of nitrogens with one attached hydrogen (secondary N) is 2. The van der Waals surface area contributed by atoms with Crippen molar-refractivity contribution in [3.05, 3.63) is 17.1 Å². The molecule has 1 aromatic heterocycles. The summed E-state index contributed by atoms with van der Waals surface area (Å²) in [6, 6.07) is 0.660. The van der Waals surface area contributed by atoms with E-state index in [2.05, 4.69) is 46.4 Å². The number of nitrogens with zero attached hydrogens (tertiary/aromatic N) is 3. The molecule has 0 radical (unpaired) electrons. The Morgan fingerprint density at radius 1 is 1.39 bits per heavy atom. The van der Waals surface area contributed by atoms with Crippen molar-refractivity contribution in [1.82, 2.24) is 20.2 Å². The third-order valence-corrected chi connectivity index (χ3v) is 4.86. The molecule has 0 spiro atoms. The van der Waals surface area contributed by atoms with Crippen LogP contribution in [-0.2, 0) is 6.42 Å². The fourth-order valence-corrected chi connectivity index (χ4v) is 3.42. The fourth-order valence-electron chi connectivity index (χ4n) is 3.42. The summed E-state index contributed by atoms with van der Waals surface area (Å²) in [4.78, 5) is 23.7. The van der Waals surface area contributed by atoms with Crippen LogP contribution < -0.4 is 10.6 Å². The van der Waals surface area contributed by atoms with Crippen molar-refractivity contribution >= 4 is 11.7 Å². The van der Waals surface area contributed by atoms with Gasteiger partial charge in [-0.25, -0.2) is 9.97 Å². The van der Waals surface area contributed by atoms with Crippen molar-refractivity contribution in [3.8, 4) is 0 Å². The lowest BCUT2D eigenvalue weighted by atomic mass is 10.0. The van der Waals surface area contributed by atoms with E-state index in [-0.39, 0.29) is 11.8 Å². The normalized spacial score (nSPS) is 21.4. The van der Waals surface area contributed by atoms with Gasteiger partial charge in [0.05, 0.1) is 0 Å². The maximum absolute atomic E-state index is 12.1. The number of amides is 1. The second kappa shape index (κ2) is 6.83. The zero-order valence-electron chi connectivity index (χ0n) is 14.4. The molecule has 2 aliphatic rings. The highest BCUT2D eigenvalue weighted by molar-refractivity contribution is 5.96. The van der Waals surface area contributed by atoms with E-state index in [4.69, 9.17) is 0 Å². The SMILES string of the molecule is CC(C)c1nc(NCCC2CCCN2C)c2c(n1)C(=O)NCC2. The number of rotatable bonds is 5. The predicted molar refractivity (Wildman–Crippen MR) is 90.9 cm³/mol. The molecule has 0 bridgehead atoms. The molecule has 1 unspecified atom stereocenters. The first kappa shape index (κ1) is 16.2. The molecule has 1 amide bonds. The highest BCUT2D eigenvalue weighted by Gasteiger charge is 2.25. The topological polar surface area (TPSA) is 70.2 Å². The molecule has 1 atom stereocenters. The summed E-state index contributed by atoms with van der Waals surface area (Å²) in [7, 11) is 2.20. The summed E-state index contributed by atoms with van der Waals surface area (Å²) >= 11 is 0. The van der Waals surface area contributed by atoms with E-state index < -0.39 is 0 Å². The molecule has 3 heterocycles.